The van der Waals surface area contributed by atoms with Gasteiger partial charge in [-0.25, -0.2) is 9.97 Å². The van der Waals surface area contributed by atoms with Gasteiger partial charge in [0.1, 0.15) is 23.4 Å². The summed E-state index contributed by atoms with van der Waals surface area (Å²) in [7, 11) is 0. The van der Waals surface area contributed by atoms with Gasteiger partial charge in [0.05, 0.1) is 5.39 Å². The van der Waals surface area contributed by atoms with Gasteiger partial charge >= 0.3 is 0 Å². The highest BCUT2D eigenvalue weighted by Gasteiger charge is 2.23. The number of carbonyl (C=O) groups is 1. The molecule has 1 atom stereocenters. The molecular weight excluding hydrogens is 452 g/mol. The van der Waals surface area contributed by atoms with Crippen LogP contribution in [-0.2, 0) is 0 Å². The normalized spacial score (nSPS) is 15.0. The average Bonchev–Trinajstić information content (AvgIpc) is 3.53. The lowest BCUT2D eigenvalue weighted by Crippen LogP contribution is -2.31. The Balaban J connectivity index is 1.43. The van der Waals surface area contributed by atoms with Crippen molar-refractivity contribution in [1.82, 2.24) is 19.1 Å². The van der Waals surface area contributed by atoms with E-state index in [4.69, 9.17) is 5.73 Å². The third-order valence-corrected chi connectivity index (χ3v) is 7.43. The molecule has 1 aromatic carbocycles. The molecule has 0 bridgehead atoms. The summed E-state index contributed by atoms with van der Waals surface area (Å²) in [5.74, 6) is 0.307. The lowest BCUT2D eigenvalue weighted by molar-refractivity contribution is 0.102. The van der Waals surface area contributed by atoms with Crippen molar-refractivity contribution in [3.8, 4) is 11.1 Å². The second kappa shape index (κ2) is 9.60. The van der Waals surface area contributed by atoms with Crippen LogP contribution in [0.1, 0.15) is 68.9 Å². The van der Waals surface area contributed by atoms with E-state index < -0.39 is 5.91 Å². The van der Waals surface area contributed by atoms with Gasteiger partial charge in [-0.1, -0.05) is 38.8 Å². The lowest BCUT2D eigenvalue weighted by atomic mass is 10.1. The van der Waals surface area contributed by atoms with Crippen LogP contribution in [0.15, 0.2) is 59.9 Å². The first kappa shape index (κ1) is 23.8. The lowest BCUT2D eigenvalue weighted by Gasteiger charge is -2.19. The molecule has 1 saturated carbocycles. The van der Waals surface area contributed by atoms with Crippen molar-refractivity contribution in [3.05, 3.63) is 71.0 Å². The van der Waals surface area contributed by atoms with E-state index in [1.54, 1.807) is 22.9 Å². The highest BCUT2D eigenvalue weighted by Crippen LogP contribution is 2.38. The summed E-state index contributed by atoms with van der Waals surface area (Å²) in [4.78, 5) is 34.6. The maximum Gasteiger partial charge on any atom is 0.263 e. The second-order valence-corrected chi connectivity index (χ2v) is 10.00. The molecule has 3 aromatic heterocycles. The topological polar surface area (TPSA) is 108 Å². The number of nitrogens with one attached hydrogen (secondary N) is 1. The number of hydrogen-bond donors (Lipinski definition) is 2. The van der Waals surface area contributed by atoms with Gasteiger partial charge in [0.25, 0.3) is 11.5 Å². The molecule has 8 heteroatoms. The fourth-order valence-electron chi connectivity index (χ4n) is 5.04. The van der Waals surface area contributed by atoms with Gasteiger partial charge in [0.15, 0.2) is 0 Å². The van der Waals surface area contributed by atoms with Gasteiger partial charge in [0.2, 0.25) is 0 Å². The number of aromatic nitrogens is 4. The number of pyridine rings is 1. The zero-order valence-electron chi connectivity index (χ0n) is 20.9. The number of nitrogens with zero attached hydrogens (tertiary/aromatic N) is 4. The van der Waals surface area contributed by atoms with Gasteiger partial charge in [-0.2, -0.15) is 0 Å². The molecular formula is C28H32N6O2. The number of benzene rings is 1. The predicted octanol–water partition coefficient (Wildman–Crippen LogP) is 5.43. The Labute approximate surface area is 210 Å². The van der Waals surface area contributed by atoms with Crippen LogP contribution in [-0.4, -0.2) is 25.0 Å². The Bertz CT molecular complexity index is 1460. The first-order valence-electron chi connectivity index (χ1n) is 12.6. The zero-order valence-corrected chi connectivity index (χ0v) is 20.9. The van der Waals surface area contributed by atoms with Gasteiger partial charge in [-0.15, -0.1) is 0 Å². The number of fused-ring (bicyclic) bond motifs is 1. The van der Waals surface area contributed by atoms with Gasteiger partial charge < -0.3 is 20.2 Å². The van der Waals surface area contributed by atoms with Crippen molar-refractivity contribution in [2.24, 2.45) is 5.92 Å². The van der Waals surface area contributed by atoms with E-state index >= 15 is 0 Å². The van der Waals surface area contributed by atoms with Crippen molar-refractivity contribution >= 4 is 28.4 Å². The molecule has 3 N–H and O–H groups in total. The molecule has 1 unspecified atom stereocenters. The highest BCUT2D eigenvalue weighted by atomic mass is 16.2. The maximum absolute atomic E-state index is 12.9. The number of carbonyl (C=O) groups excluding carboxylic acids is 1. The van der Waals surface area contributed by atoms with Crippen LogP contribution in [0.5, 0.6) is 0 Å². The Hall–Kier alpha value is -3.94. The fourth-order valence-corrected chi connectivity index (χ4v) is 5.04. The molecule has 5 rings (SSSR count). The summed E-state index contributed by atoms with van der Waals surface area (Å²) in [6.45, 7) is 6.08. The molecule has 4 aromatic rings. The van der Waals surface area contributed by atoms with Crippen molar-refractivity contribution in [1.29, 1.82) is 0 Å². The van der Waals surface area contributed by atoms with Gasteiger partial charge in [0, 0.05) is 35.7 Å². The van der Waals surface area contributed by atoms with Crippen molar-refractivity contribution in [2.75, 3.05) is 11.1 Å². The molecule has 0 aliphatic heterocycles. The summed E-state index contributed by atoms with van der Waals surface area (Å²) in [5, 5.41) is 3.72. The summed E-state index contributed by atoms with van der Waals surface area (Å²) < 4.78 is 3.86. The standard InChI is InChI=1S/C28H32N6O2/c1-17(2)18(3)33-14-6-9-22(28(33)36)27(35)32-20-12-10-19(11-13-20)23-15-34(21-7-4-5-8-21)26-24(23)25(29)30-16-31-26/h6,9-18,21H,4-5,7-8H2,1-3H3,(H,32,35)(H2,29,30,31). The smallest absolute Gasteiger partial charge is 0.263 e. The molecule has 186 valence electrons. The van der Waals surface area contributed by atoms with E-state index in [0.29, 0.717) is 17.5 Å². The summed E-state index contributed by atoms with van der Waals surface area (Å²) in [5.41, 5.74) is 9.52. The van der Waals surface area contributed by atoms with E-state index in [9.17, 15) is 9.59 Å². The first-order chi connectivity index (χ1) is 17.3. The minimum atomic E-state index is -0.423. The maximum atomic E-state index is 12.9. The van der Waals surface area contributed by atoms with Crippen LogP contribution < -0.4 is 16.6 Å². The molecule has 8 nitrogen and oxygen atoms in total. The quantitative estimate of drug-likeness (QED) is 0.380. The van der Waals surface area contributed by atoms with Crippen molar-refractivity contribution < 1.29 is 4.79 Å². The van der Waals surface area contributed by atoms with Crippen LogP contribution >= 0.6 is 0 Å². The predicted molar refractivity (Wildman–Crippen MR) is 143 cm³/mol. The first-order valence-corrected chi connectivity index (χ1v) is 12.6. The highest BCUT2D eigenvalue weighted by molar-refractivity contribution is 6.04. The Morgan fingerprint density at radius 1 is 1.08 bits per heavy atom. The van der Waals surface area contributed by atoms with Crippen molar-refractivity contribution in [3.63, 3.8) is 0 Å². The van der Waals surface area contributed by atoms with Gasteiger partial charge in [-0.3, -0.25) is 9.59 Å². The van der Waals surface area contributed by atoms with Crippen LogP contribution in [0.2, 0.25) is 0 Å². The van der Waals surface area contributed by atoms with E-state index in [1.807, 2.05) is 31.2 Å². The molecule has 3 heterocycles. The Kier molecular flexibility index (Phi) is 6.35. The number of amides is 1. The minimum absolute atomic E-state index is 0.00712. The number of nitrogen functional groups attached to an aromatic ring is 1. The van der Waals surface area contributed by atoms with E-state index in [1.165, 1.54) is 19.2 Å². The van der Waals surface area contributed by atoms with Crippen LogP contribution in [0, 0.1) is 5.92 Å². The Morgan fingerprint density at radius 3 is 2.50 bits per heavy atom. The number of rotatable bonds is 6. The second-order valence-electron chi connectivity index (χ2n) is 10.00. The number of anilines is 2. The SMILES string of the molecule is CC(C)C(C)n1cccc(C(=O)Nc2ccc(-c3cn(C4CCCC4)c4ncnc(N)c34)cc2)c1=O. The molecule has 36 heavy (non-hydrogen) atoms. The van der Waals surface area contributed by atoms with E-state index in [-0.39, 0.29) is 23.1 Å². The third-order valence-electron chi connectivity index (χ3n) is 7.43. The van der Waals surface area contributed by atoms with Gasteiger partial charge in [-0.05, 0) is 55.5 Å². The zero-order chi connectivity index (χ0) is 25.4. The monoisotopic (exact) mass is 484 g/mol. The summed E-state index contributed by atoms with van der Waals surface area (Å²) >= 11 is 0. The molecule has 1 aliphatic rings. The van der Waals surface area contributed by atoms with E-state index in [2.05, 4.69) is 39.9 Å². The number of nitrogens with two attached hydrogens (primary N) is 1. The Morgan fingerprint density at radius 2 is 1.81 bits per heavy atom. The fraction of sp³-hybridized carbons (Fsp3) is 0.357. The van der Waals surface area contributed by atoms with E-state index in [0.717, 1.165) is 35.0 Å². The minimum Gasteiger partial charge on any atom is -0.383 e. The van der Waals surface area contributed by atoms with Crippen LogP contribution in [0.25, 0.3) is 22.2 Å². The van der Waals surface area contributed by atoms with Crippen LogP contribution in [0.3, 0.4) is 0 Å². The number of hydrogen-bond acceptors (Lipinski definition) is 5. The molecule has 1 aliphatic carbocycles. The van der Waals surface area contributed by atoms with Crippen molar-refractivity contribution in [2.45, 2.75) is 58.5 Å². The largest absolute Gasteiger partial charge is 0.383 e. The molecule has 0 spiro atoms. The average molecular weight is 485 g/mol. The summed E-state index contributed by atoms with van der Waals surface area (Å²) in [6, 6.07) is 11.3. The van der Waals surface area contributed by atoms with Crippen LogP contribution in [0.4, 0.5) is 11.5 Å². The molecule has 1 fully saturated rings. The molecule has 0 saturated heterocycles. The third kappa shape index (κ3) is 4.27. The molecule has 1 amide bonds. The summed E-state index contributed by atoms with van der Waals surface area (Å²) in [6.07, 6.45) is 10.1. The molecule has 0 radical (unpaired) electrons.